The lowest BCUT2D eigenvalue weighted by molar-refractivity contribution is -0.385. The molecule has 1 aromatic rings. The molecule has 1 saturated heterocycles. The summed E-state index contributed by atoms with van der Waals surface area (Å²) in [6.45, 7) is 3.24. The average molecular weight is 294 g/mol. The highest BCUT2D eigenvalue weighted by Gasteiger charge is 2.25. The van der Waals surface area contributed by atoms with Crippen LogP contribution >= 0.6 is 0 Å². The van der Waals surface area contributed by atoms with E-state index in [1.54, 1.807) is 0 Å². The summed E-state index contributed by atoms with van der Waals surface area (Å²) in [6, 6.07) is 3.83. The number of nitro benzene ring substituents is 1. The Labute approximate surface area is 122 Å². The van der Waals surface area contributed by atoms with E-state index in [2.05, 4.69) is 5.32 Å². The van der Waals surface area contributed by atoms with Crippen molar-refractivity contribution in [1.82, 2.24) is 5.32 Å². The quantitative estimate of drug-likeness (QED) is 0.651. The van der Waals surface area contributed by atoms with Gasteiger partial charge in [-0.15, -0.1) is 0 Å². The van der Waals surface area contributed by atoms with Crippen molar-refractivity contribution in [1.29, 1.82) is 0 Å². The third-order valence-corrected chi connectivity index (χ3v) is 3.79. The van der Waals surface area contributed by atoms with Crippen LogP contribution in [0.25, 0.3) is 0 Å². The van der Waals surface area contributed by atoms with Crippen LogP contribution in [0.15, 0.2) is 18.2 Å². The summed E-state index contributed by atoms with van der Waals surface area (Å²) in [5, 5.41) is 23.4. The van der Waals surface area contributed by atoms with Crippen LogP contribution in [-0.4, -0.2) is 35.2 Å². The van der Waals surface area contributed by atoms with Crippen molar-refractivity contribution >= 4 is 11.6 Å². The predicted molar refractivity (Wildman–Crippen MR) is 75.2 cm³/mol. The Morgan fingerprint density at radius 1 is 1.48 bits per heavy atom. The van der Waals surface area contributed by atoms with E-state index in [1.165, 1.54) is 12.1 Å². The molecule has 114 valence electrons. The van der Waals surface area contributed by atoms with Crippen molar-refractivity contribution in [2.75, 3.05) is 13.2 Å². The minimum atomic E-state index is -0.714. The van der Waals surface area contributed by atoms with Gasteiger partial charge in [-0.25, -0.2) is 0 Å². The molecule has 0 saturated carbocycles. The summed E-state index contributed by atoms with van der Waals surface area (Å²) >= 11 is 0. The van der Waals surface area contributed by atoms with Crippen LogP contribution in [0.4, 0.5) is 5.69 Å². The van der Waals surface area contributed by atoms with Gasteiger partial charge in [0.1, 0.15) is 0 Å². The molecule has 1 heterocycles. The molecule has 0 bridgehead atoms. The Balaban J connectivity index is 2.09. The lowest BCUT2D eigenvalue weighted by Gasteiger charge is -2.28. The highest BCUT2D eigenvalue weighted by atomic mass is 16.6. The molecule has 7 heteroatoms. The van der Waals surface area contributed by atoms with Crippen molar-refractivity contribution in [3.63, 3.8) is 0 Å². The zero-order valence-corrected chi connectivity index (χ0v) is 11.7. The Morgan fingerprint density at radius 2 is 2.14 bits per heavy atom. The minimum absolute atomic E-state index is 0.0805. The van der Waals surface area contributed by atoms with Crippen LogP contribution in [0.1, 0.15) is 30.1 Å². The molecule has 0 aromatic heterocycles. The number of hydrogen-bond donors (Lipinski definition) is 2. The molecule has 7 nitrogen and oxygen atoms in total. The number of rotatable bonds is 4. The molecule has 1 fully saturated rings. The zero-order chi connectivity index (χ0) is 15.4. The first-order valence-electron chi connectivity index (χ1n) is 6.85. The number of phenols is 1. The highest BCUT2D eigenvalue weighted by molar-refractivity contribution is 5.98. The van der Waals surface area contributed by atoms with E-state index in [4.69, 9.17) is 4.74 Å². The number of ether oxygens (including phenoxy) is 1. The fourth-order valence-corrected chi connectivity index (χ4v) is 2.48. The van der Waals surface area contributed by atoms with E-state index in [0.717, 1.165) is 18.9 Å². The molecule has 0 radical (unpaired) electrons. The summed E-state index contributed by atoms with van der Waals surface area (Å²) in [5.74, 6) is -0.794. The van der Waals surface area contributed by atoms with Crippen LogP contribution < -0.4 is 5.32 Å². The lowest BCUT2D eigenvalue weighted by Crippen LogP contribution is -2.40. The second-order valence-corrected chi connectivity index (χ2v) is 5.14. The van der Waals surface area contributed by atoms with Gasteiger partial charge in [-0.1, -0.05) is 6.07 Å². The van der Waals surface area contributed by atoms with E-state index >= 15 is 0 Å². The topological polar surface area (TPSA) is 102 Å². The van der Waals surface area contributed by atoms with Crippen LogP contribution in [-0.2, 0) is 4.74 Å². The first kappa shape index (κ1) is 15.2. The number of aromatic hydroxyl groups is 1. The van der Waals surface area contributed by atoms with Crippen LogP contribution in [0, 0.1) is 16.0 Å². The number of nitro groups is 1. The summed E-state index contributed by atoms with van der Waals surface area (Å²) in [5.41, 5.74) is -0.551. The van der Waals surface area contributed by atoms with Gasteiger partial charge in [0.15, 0.2) is 0 Å². The number of amides is 1. The summed E-state index contributed by atoms with van der Waals surface area (Å²) in [4.78, 5) is 22.2. The first-order valence-corrected chi connectivity index (χ1v) is 6.85. The third-order valence-electron chi connectivity index (χ3n) is 3.79. The van der Waals surface area contributed by atoms with E-state index < -0.39 is 22.3 Å². The summed E-state index contributed by atoms with van der Waals surface area (Å²) < 4.78 is 5.27. The van der Waals surface area contributed by atoms with Crippen LogP contribution in [0.5, 0.6) is 5.75 Å². The average Bonchev–Trinajstić information content (AvgIpc) is 2.47. The van der Waals surface area contributed by atoms with Crippen molar-refractivity contribution < 1.29 is 19.6 Å². The fraction of sp³-hybridized carbons (Fsp3) is 0.500. The van der Waals surface area contributed by atoms with Gasteiger partial charge in [0.25, 0.3) is 5.91 Å². The molecule has 0 spiro atoms. The zero-order valence-electron chi connectivity index (χ0n) is 11.7. The number of para-hydroxylation sites is 1. The van der Waals surface area contributed by atoms with Crippen molar-refractivity contribution in [3.8, 4) is 5.75 Å². The maximum absolute atomic E-state index is 12.2. The molecule has 1 aliphatic heterocycles. The van der Waals surface area contributed by atoms with Crippen molar-refractivity contribution in [2.45, 2.75) is 25.8 Å². The summed E-state index contributed by atoms with van der Waals surface area (Å²) in [6.07, 6.45) is 1.73. The van der Waals surface area contributed by atoms with Crippen molar-refractivity contribution in [3.05, 3.63) is 33.9 Å². The fourth-order valence-electron chi connectivity index (χ4n) is 2.48. The van der Waals surface area contributed by atoms with Crippen LogP contribution in [0.2, 0.25) is 0 Å². The molecule has 1 aliphatic rings. The Bertz CT molecular complexity index is 540. The van der Waals surface area contributed by atoms with E-state index in [9.17, 15) is 20.0 Å². The van der Waals surface area contributed by atoms with Gasteiger partial charge in [-0.3, -0.25) is 14.9 Å². The van der Waals surface area contributed by atoms with Gasteiger partial charge in [0, 0.05) is 25.3 Å². The molecule has 1 aromatic carbocycles. The number of phenolic OH excluding ortho intramolecular Hbond substituents is 1. The second kappa shape index (κ2) is 6.53. The monoisotopic (exact) mass is 294 g/mol. The number of carbonyl (C=O) groups is 1. The SMILES string of the molecule is CC(NC(=O)c1cccc([N+](=O)[O-])c1O)C1CCOCC1. The number of nitrogens with zero attached hydrogens (tertiary/aromatic N) is 1. The lowest BCUT2D eigenvalue weighted by atomic mass is 9.92. The van der Waals surface area contributed by atoms with E-state index in [-0.39, 0.29) is 11.6 Å². The maximum Gasteiger partial charge on any atom is 0.311 e. The number of benzene rings is 1. The van der Waals surface area contributed by atoms with Crippen LogP contribution in [0.3, 0.4) is 0 Å². The molecule has 2 N–H and O–H groups in total. The van der Waals surface area contributed by atoms with Crippen molar-refractivity contribution in [2.24, 2.45) is 5.92 Å². The Kier molecular flexibility index (Phi) is 4.74. The molecule has 2 rings (SSSR count). The number of carbonyl (C=O) groups excluding carboxylic acids is 1. The smallest absolute Gasteiger partial charge is 0.311 e. The molecule has 0 aliphatic carbocycles. The molecule has 21 heavy (non-hydrogen) atoms. The normalized spacial score (nSPS) is 17.2. The van der Waals surface area contributed by atoms with Gasteiger partial charge in [-0.2, -0.15) is 0 Å². The minimum Gasteiger partial charge on any atom is -0.502 e. The van der Waals surface area contributed by atoms with Gasteiger partial charge < -0.3 is 15.2 Å². The predicted octanol–water partition coefficient (Wildman–Crippen LogP) is 1.85. The molecular weight excluding hydrogens is 276 g/mol. The van der Waals surface area contributed by atoms with E-state index in [1.807, 2.05) is 6.92 Å². The molecular formula is C14H18N2O5. The van der Waals surface area contributed by atoms with Gasteiger partial charge in [-0.05, 0) is 31.7 Å². The third kappa shape index (κ3) is 3.49. The standard InChI is InChI=1S/C14H18N2O5/c1-9(10-5-7-21-8-6-10)15-14(18)11-3-2-4-12(13(11)17)16(19)20/h2-4,9-10,17H,5-8H2,1H3,(H,15,18). The number of hydrogen-bond acceptors (Lipinski definition) is 5. The van der Waals surface area contributed by atoms with Gasteiger partial charge >= 0.3 is 5.69 Å². The number of nitrogens with one attached hydrogen (secondary N) is 1. The highest BCUT2D eigenvalue weighted by Crippen LogP contribution is 2.29. The molecule has 1 amide bonds. The largest absolute Gasteiger partial charge is 0.502 e. The first-order chi connectivity index (χ1) is 10.0. The van der Waals surface area contributed by atoms with Gasteiger partial charge in [0.05, 0.1) is 10.5 Å². The Morgan fingerprint density at radius 3 is 2.76 bits per heavy atom. The molecule has 1 atom stereocenters. The second-order valence-electron chi connectivity index (χ2n) is 5.14. The Hall–Kier alpha value is -2.15. The van der Waals surface area contributed by atoms with Gasteiger partial charge in [0.2, 0.25) is 5.75 Å². The molecule has 1 unspecified atom stereocenters. The van der Waals surface area contributed by atoms with E-state index in [0.29, 0.717) is 19.1 Å². The summed E-state index contributed by atoms with van der Waals surface area (Å²) in [7, 11) is 0. The maximum atomic E-state index is 12.2.